The summed E-state index contributed by atoms with van der Waals surface area (Å²) in [6.07, 6.45) is 3.14. The first-order valence-corrected chi connectivity index (χ1v) is 5.09. The number of carbonyl (C=O) groups is 1. The largest absolute Gasteiger partial charge is 0.388 e. The van der Waals surface area contributed by atoms with Crippen LogP contribution < -0.4 is 0 Å². The van der Waals surface area contributed by atoms with Crippen LogP contribution in [0.2, 0.25) is 0 Å². The van der Waals surface area contributed by atoms with Crippen molar-refractivity contribution in [3.63, 3.8) is 0 Å². The maximum Gasteiger partial charge on any atom is 0.271 e. The number of carbonyl (C=O) groups excluding carboxylic acids is 1. The molecule has 2 rings (SSSR count). The topological polar surface area (TPSA) is 69.2 Å². The van der Waals surface area contributed by atoms with Crippen molar-refractivity contribution in [2.45, 2.75) is 25.4 Å². The molecule has 1 aromatic rings. The summed E-state index contributed by atoms with van der Waals surface area (Å²) in [5.41, 5.74) is -0.277. The maximum atomic E-state index is 11.9. The molecule has 1 aliphatic rings. The van der Waals surface area contributed by atoms with Gasteiger partial charge in [0.1, 0.15) is 5.69 Å². The zero-order chi connectivity index (χ0) is 10.9. The van der Waals surface area contributed by atoms with Gasteiger partial charge in [0, 0.05) is 19.3 Å². The molecule has 1 atom stereocenters. The van der Waals surface area contributed by atoms with Crippen molar-refractivity contribution in [1.29, 1.82) is 0 Å². The molecule has 0 saturated carbocycles. The van der Waals surface area contributed by atoms with Crippen molar-refractivity contribution in [2.75, 3.05) is 13.1 Å². The fourth-order valence-corrected chi connectivity index (χ4v) is 1.94. The second kappa shape index (κ2) is 3.66. The van der Waals surface area contributed by atoms with Gasteiger partial charge in [0.2, 0.25) is 0 Å². The fraction of sp³-hybridized carbons (Fsp3) is 0.600. The van der Waals surface area contributed by atoms with Gasteiger partial charge in [-0.3, -0.25) is 9.89 Å². The standard InChI is InChI=1S/C10H15N3O2/c1-10(15)4-2-6-13(7-10)9(14)8-3-5-11-12-8/h3,5,15H,2,4,6-7H2,1H3,(H,11,12). The van der Waals surface area contributed by atoms with E-state index in [2.05, 4.69) is 10.2 Å². The van der Waals surface area contributed by atoms with E-state index in [0.717, 1.165) is 12.8 Å². The molecule has 1 unspecified atom stereocenters. The highest BCUT2D eigenvalue weighted by Crippen LogP contribution is 2.21. The van der Waals surface area contributed by atoms with E-state index in [-0.39, 0.29) is 5.91 Å². The number of nitrogens with one attached hydrogen (secondary N) is 1. The number of hydrogen-bond acceptors (Lipinski definition) is 3. The number of aromatic amines is 1. The van der Waals surface area contributed by atoms with Gasteiger partial charge >= 0.3 is 0 Å². The van der Waals surface area contributed by atoms with Gasteiger partial charge in [-0.25, -0.2) is 0 Å². The second-order valence-corrected chi connectivity index (χ2v) is 4.30. The molecule has 2 N–H and O–H groups in total. The zero-order valence-electron chi connectivity index (χ0n) is 8.73. The Morgan fingerprint density at radius 3 is 3.13 bits per heavy atom. The average Bonchev–Trinajstić information content (AvgIpc) is 2.67. The minimum atomic E-state index is -0.756. The number of aromatic nitrogens is 2. The van der Waals surface area contributed by atoms with E-state index in [1.807, 2.05) is 0 Å². The van der Waals surface area contributed by atoms with Crippen LogP contribution in [0.4, 0.5) is 0 Å². The number of amides is 1. The van der Waals surface area contributed by atoms with Crippen LogP contribution in [0.15, 0.2) is 12.3 Å². The van der Waals surface area contributed by atoms with Crippen molar-refractivity contribution in [3.05, 3.63) is 18.0 Å². The van der Waals surface area contributed by atoms with Crippen LogP contribution in [0.25, 0.3) is 0 Å². The lowest BCUT2D eigenvalue weighted by molar-refractivity contribution is -0.0109. The molecule has 2 heterocycles. The van der Waals surface area contributed by atoms with Gasteiger partial charge in [0.15, 0.2) is 0 Å². The highest BCUT2D eigenvalue weighted by molar-refractivity contribution is 5.92. The van der Waals surface area contributed by atoms with Crippen LogP contribution in [0.1, 0.15) is 30.3 Å². The number of hydrogen-bond donors (Lipinski definition) is 2. The van der Waals surface area contributed by atoms with Crippen LogP contribution >= 0.6 is 0 Å². The van der Waals surface area contributed by atoms with Crippen molar-refractivity contribution >= 4 is 5.91 Å². The van der Waals surface area contributed by atoms with Crippen molar-refractivity contribution in [3.8, 4) is 0 Å². The fourth-order valence-electron chi connectivity index (χ4n) is 1.94. The predicted octanol–water partition coefficient (Wildman–Crippen LogP) is 0.397. The first-order valence-electron chi connectivity index (χ1n) is 5.09. The van der Waals surface area contributed by atoms with Crippen molar-refractivity contribution in [2.24, 2.45) is 0 Å². The van der Waals surface area contributed by atoms with Crippen molar-refractivity contribution in [1.82, 2.24) is 15.1 Å². The Balaban J connectivity index is 2.08. The van der Waals surface area contributed by atoms with E-state index >= 15 is 0 Å². The number of piperidine rings is 1. The molecular weight excluding hydrogens is 194 g/mol. The smallest absolute Gasteiger partial charge is 0.271 e. The van der Waals surface area contributed by atoms with Gasteiger partial charge in [-0.15, -0.1) is 0 Å². The molecule has 82 valence electrons. The van der Waals surface area contributed by atoms with E-state index < -0.39 is 5.60 Å². The lowest BCUT2D eigenvalue weighted by Crippen LogP contribution is -2.48. The number of rotatable bonds is 1. The predicted molar refractivity (Wildman–Crippen MR) is 54.3 cm³/mol. The van der Waals surface area contributed by atoms with E-state index in [9.17, 15) is 9.90 Å². The molecule has 1 saturated heterocycles. The number of nitrogens with zero attached hydrogens (tertiary/aromatic N) is 2. The van der Waals surface area contributed by atoms with E-state index in [1.54, 1.807) is 24.1 Å². The summed E-state index contributed by atoms with van der Waals surface area (Å²) in [4.78, 5) is 13.6. The van der Waals surface area contributed by atoms with Crippen LogP contribution in [0.5, 0.6) is 0 Å². The summed E-state index contributed by atoms with van der Waals surface area (Å²) in [5, 5.41) is 16.2. The highest BCUT2D eigenvalue weighted by atomic mass is 16.3. The minimum Gasteiger partial charge on any atom is -0.388 e. The number of H-pyrrole nitrogens is 1. The number of likely N-dealkylation sites (tertiary alicyclic amines) is 1. The highest BCUT2D eigenvalue weighted by Gasteiger charge is 2.31. The van der Waals surface area contributed by atoms with Crippen LogP contribution in [0, 0.1) is 0 Å². The first-order chi connectivity index (χ1) is 7.08. The summed E-state index contributed by atoms with van der Waals surface area (Å²) in [7, 11) is 0. The Kier molecular flexibility index (Phi) is 2.48. The molecule has 0 radical (unpaired) electrons. The molecular formula is C10H15N3O2. The number of β-amino-alcohol motifs (C(OH)–C–C–N with tert-alkyl or cyclic N) is 1. The van der Waals surface area contributed by atoms with Crippen LogP contribution in [-0.2, 0) is 0 Å². The quantitative estimate of drug-likeness (QED) is 0.703. The Labute approximate surface area is 88.1 Å². The van der Waals surface area contributed by atoms with E-state index in [1.165, 1.54) is 0 Å². The second-order valence-electron chi connectivity index (χ2n) is 4.30. The molecule has 0 spiro atoms. The summed E-state index contributed by atoms with van der Waals surface area (Å²) in [6.45, 7) is 2.86. The molecule has 0 aliphatic carbocycles. The summed E-state index contributed by atoms with van der Waals surface area (Å²) in [6, 6.07) is 1.64. The monoisotopic (exact) mass is 209 g/mol. The van der Waals surface area contributed by atoms with Gasteiger partial charge < -0.3 is 10.0 Å². The molecule has 5 nitrogen and oxygen atoms in total. The minimum absolute atomic E-state index is 0.0903. The molecule has 1 fully saturated rings. The van der Waals surface area contributed by atoms with E-state index in [0.29, 0.717) is 18.8 Å². The average molecular weight is 209 g/mol. The molecule has 5 heteroatoms. The lowest BCUT2D eigenvalue weighted by Gasteiger charge is -2.36. The molecule has 0 bridgehead atoms. The molecule has 15 heavy (non-hydrogen) atoms. The van der Waals surface area contributed by atoms with Gasteiger partial charge in [-0.05, 0) is 25.8 Å². The third-order valence-electron chi connectivity index (χ3n) is 2.69. The Morgan fingerprint density at radius 1 is 1.73 bits per heavy atom. The maximum absolute atomic E-state index is 11.9. The van der Waals surface area contributed by atoms with Gasteiger partial charge in [0.05, 0.1) is 5.60 Å². The summed E-state index contributed by atoms with van der Waals surface area (Å²) < 4.78 is 0. The van der Waals surface area contributed by atoms with Crippen LogP contribution in [0.3, 0.4) is 0 Å². The normalized spacial score (nSPS) is 26.7. The number of aliphatic hydroxyl groups is 1. The Bertz CT molecular complexity index is 346. The Hall–Kier alpha value is -1.36. The van der Waals surface area contributed by atoms with Gasteiger partial charge in [-0.1, -0.05) is 0 Å². The lowest BCUT2D eigenvalue weighted by atomic mass is 9.95. The molecule has 1 amide bonds. The molecule has 1 aromatic heterocycles. The third-order valence-corrected chi connectivity index (χ3v) is 2.69. The Morgan fingerprint density at radius 2 is 2.53 bits per heavy atom. The van der Waals surface area contributed by atoms with Gasteiger partial charge in [-0.2, -0.15) is 5.10 Å². The SMILES string of the molecule is CC1(O)CCCN(C(=O)c2ccn[nH]2)C1. The first kappa shape index (κ1) is 10.2. The van der Waals surface area contributed by atoms with Gasteiger partial charge in [0.25, 0.3) is 5.91 Å². The molecule has 1 aliphatic heterocycles. The van der Waals surface area contributed by atoms with Crippen LogP contribution in [-0.4, -0.2) is 44.8 Å². The zero-order valence-corrected chi connectivity index (χ0v) is 8.73. The third kappa shape index (κ3) is 2.18. The molecule has 0 aromatic carbocycles. The summed E-state index contributed by atoms with van der Waals surface area (Å²) >= 11 is 0. The van der Waals surface area contributed by atoms with E-state index in [4.69, 9.17) is 0 Å². The van der Waals surface area contributed by atoms with Crippen molar-refractivity contribution < 1.29 is 9.90 Å². The summed E-state index contributed by atoms with van der Waals surface area (Å²) in [5.74, 6) is -0.0903.